The first-order valence-electron chi connectivity index (χ1n) is 22.1. The molecule has 0 bridgehead atoms. The summed E-state index contributed by atoms with van der Waals surface area (Å²) in [5, 5.41) is 0. The Labute approximate surface area is 425 Å². The van der Waals surface area contributed by atoms with Gasteiger partial charge in [-0.1, -0.05) is 6.92 Å². The summed E-state index contributed by atoms with van der Waals surface area (Å²) in [6, 6.07) is 0. The van der Waals surface area contributed by atoms with Gasteiger partial charge in [0.05, 0.1) is 54.8 Å². The molecule has 0 saturated heterocycles. The van der Waals surface area contributed by atoms with Crippen LogP contribution in [0.2, 0.25) is 0 Å². The third-order valence-corrected chi connectivity index (χ3v) is 16.7. The number of ketones is 3. The first-order chi connectivity index (χ1) is 32.7. The number of carbonyl (C=O) groups excluding carboxylic acids is 6. The van der Waals surface area contributed by atoms with Crippen LogP contribution in [0.4, 0.5) is 0 Å². The molecule has 0 fully saturated rings. The van der Waals surface area contributed by atoms with Crippen LogP contribution in [0.25, 0.3) is 0 Å². The Balaban J connectivity index is -0.000000993. The molecule has 0 aliphatic carbocycles. The Morgan fingerprint density at radius 3 is 0.750 bits per heavy atom. The predicted molar refractivity (Wildman–Crippen MR) is 256 cm³/mol. The van der Waals surface area contributed by atoms with E-state index in [1.807, 2.05) is 0 Å². The van der Waals surface area contributed by atoms with E-state index in [1.54, 1.807) is 13.8 Å². The first-order valence-corrected chi connectivity index (χ1v) is 31.5. The topological polar surface area (TPSA) is 390 Å². The fourth-order valence-electron chi connectivity index (χ4n) is 4.35. The summed E-state index contributed by atoms with van der Waals surface area (Å²) in [4.78, 5) is 66.7. The second-order valence-corrected chi connectivity index (χ2v) is 25.7. The van der Waals surface area contributed by atoms with Crippen LogP contribution in [0, 0.1) is 0 Å². The minimum atomic E-state index is -4.00. The van der Waals surface area contributed by atoms with Crippen LogP contribution >= 0.6 is 0 Å². The number of unbranched alkanes of at least 4 members (excludes halogenated alkanes) is 3. The zero-order valence-electron chi connectivity index (χ0n) is 42.5. The van der Waals surface area contributed by atoms with E-state index in [2.05, 4.69) is 30.4 Å². The van der Waals surface area contributed by atoms with Crippen molar-refractivity contribution in [2.75, 3.05) is 54.8 Å². The van der Waals surface area contributed by atoms with Gasteiger partial charge in [-0.3, -0.25) is 39.5 Å². The number of ether oxygens (including phenoxy) is 3. The van der Waals surface area contributed by atoms with E-state index in [0.29, 0.717) is 6.42 Å². The fraction of sp³-hybridized carbons (Fsp3) is 0.846. The Hall–Kier alpha value is -3.12. The van der Waals surface area contributed by atoms with Crippen LogP contribution in [0.15, 0.2) is 0 Å². The van der Waals surface area contributed by atoms with E-state index >= 15 is 0 Å². The molecule has 0 aliphatic heterocycles. The zero-order chi connectivity index (χ0) is 56.9. The molecule has 6 unspecified atom stereocenters. The first kappa shape index (κ1) is 73.1. The smallest absolute Gasteiger partial charge is 0.336 e. The van der Waals surface area contributed by atoms with Crippen molar-refractivity contribution < 1.29 is 119 Å². The second kappa shape index (κ2) is 35.2. The van der Waals surface area contributed by atoms with E-state index in [0.717, 1.165) is 7.11 Å². The van der Waals surface area contributed by atoms with Gasteiger partial charge in [-0.25, -0.2) is 14.4 Å². The van der Waals surface area contributed by atoms with Gasteiger partial charge in [0.15, 0.2) is 35.7 Å². The molecule has 6 atom stereocenters. The van der Waals surface area contributed by atoms with Crippen molar-refractivity contribution in [1.82, 2.24) is 0 Å². The van der Waals surface area contributed by atoms with Gasteiger partial charge in [0.25, 0.3) is 60.7 Å². The fourth-order valence-corrected chi connectivity index (χ4v) is 11.6. The number of rotatable bonds is 36. The number of esters is 3. The third-order valence-electron chi connectivity index (χ3n) is 8.51. The van der Waals surface area contributed by atoms with Crippen LogP contribution in [-0.4, -0.2) is 177 Å². The van der Waals surface area contributed by atoms with Crippen LogP contribution in [0.1, 0.15) is 121 Å². The Kier molecular flexibility index (Phi) is 35.7. The molecule has 0 radical (unpaired) electrons. The Bertz CT molecular complexity index is 2400. The van der Waals surface area contributed by atoms with Crippen LogP contribution in [0.3, 0.4) is 0 Å². The van der Waals surface area contributed by atoms with E-state index < -0.39 is 167 Å². The molecule has 0 spiro atoms. The van der Waals surface area contributed by atoms with Crippen LogP contribution in [-0.2, 0) is 129 Å². The number of methoxy groups -OCH3 is 1. The molecule has 0 aromatic carbocycles. The quantitative estimate of drug-likeness (QED) is 0.0368. The highest BCUT2D eigenvalue weighted by Gasteiger charge is 2.27. The minimum absolute atomic E-state index is 0.00214. The molecule has 0 amide bonds. The number of hydrogen-bond acceptors (Lipinski definition) is 27. The molecule has 426 valence electrons. The predicted octanol–water partition coefficient (Wildman–Crippen LogP) is 1.17. The zero-order valence-corrected chi connectivity index (χ0v) is 47.4. The number of hydrogen-bond donors (Lipinski definition) is 0. The summed E-state index contributed by atoms with van der Waals surface area (Å²) in [6.07, 6.45) is -6.43. The van der Waals surface area contributed by atoms with Gasteiger partial charge in [-0.05, 0) is 114 Å². The summed E-state index contributed by atoms with van der Waals surface area (Å²) in [5.41, 5.74) is 0. The molecule has 0 aliphatic rings. The van der Waals surface area contributed by atoms with Crippen molar-refractivity contribution in [2.24, 2.45) is 0 Å². The Morgan fingerprint density at radius 2 is 0.556 bits per heavy atom. The molecule has 0 rings (SSSR count). The standard InChI is InChI=1S/C14H26O9S2.C13H24O9S2.C12H22O9S2/c1-5-8-21-14(16)13(4)23-25(19,20)10-7-6-9-24(17,18)22-12(3)11(2)15;1-5-20-13(15)12(4)22-24(18,19)9-7-6-8-23(16,17)21-11(3)10(2)14;1-9(13)10(2)20-22(15,16)7-5-6-8-23(17,18)21-11(3)12(14)19-4/h12-13H,5-10H2,1-4H3;11-12H,5-9H2,1-4H3;10-11H,5-8H2,1-4H3. The maximum Gasteiger partial charge on any atom is 0.336 e. The number of Topliss-reactive ketones (excluding diaryl/α,β-unsaturated/α-hetero) is 3. The maximum absolute atomic E-state index is 11.8. The van der Waals surface area contributed by atoms with Gasteiger partial charge in [-0.15, -0.1) is 0 Å². The van der Waals surface area contributed by atoms with E-state index in [9.17, 15) is 79.3 Å². The monoisotopic (exact) mass is 1160 g/mol. The lowest BCUT2D eigenvalue weighted by molar-refractivity contribution is -0.151. The summed E-state index contributed by atoms with van der Waals surface area (Å²) < 4.78 is 181. The second-order valence-electron chi connectivity index (χ2n) is 15.4. The highest BCUT2D eigenvalue weighted by molar-refractivity contribution is 7.88. The summed E-state index contributed by atoms with van der Waals surface area (Å²) >= 11 is 0. The highest BCUT2D eigenvalue weighted by Crippen LogP contribution is 2.12. The van der Waals surface area contributed by atoms with E-state index in [-0.39, 0.29) is 51.7 Å². The molecule has 0 aromatic rings. The van der Waals surface area contributed by atoms with Crippen LogP contribution < -0.4 is 0 Å². The Morgan fingerprint density at radius 1 is 0.347 bits per heavy atom. The number of carbonyl (C=O) groups is 6. The summed E-state index contributed by atoms with van der Waals surface area (Å²) in [5.74, 6) is -6.31. The van der Waals surface area contributed by atoms with Crippen molar-refractivity contribution in [2.45, 2.75) is 158 Å². The summed E-state index contributed by atoms with van der Waals surface area (Å²) in [7, 11) is -22.6. The van der Waals surface area contributed by atoms with Gasteiger partial charge in [-0.2, -0.15) is 50.5 Å². The van der Waals surface area contributed by atoms with E-state index in [4.69, 9.17) is 8.92 Å². The lowest BCUT2D eigenvalue weighted by atomic mass is 10.3. The van der Waals surface area contributed by atoms with E-state index in [1.165, 1.54) is 62.3 Å². The molecule has 0 saturated carbocycles. The molecular formula is C39H72O27S6. The van der Waals surface area contributed by atoms with Gasteiger partial charge < -0.3 is 14.2 Å². The summed E-state index contributed by atoms with van der Waals surface area (Å²) in [6.45, 7) is 14.9. The molecule has 27 nitrogen and oxygen atoms in total. The van der Waals surface area contributed by atoms with Gasteiger partial charge in [0.1, 0.15) is 18.3 Å². The van der Waals surface area contributed by atoms with Gasteiger partial charge >= 0.3 is 17.9 Å². The van der Waals surface area contributed by atoms with Crippen molar-refractivity contribution in [3.05, 3.63) is 0 Å². The van der Waals surface area contributed by atoms with Crippen LogP contribution in [0.5, 0.6) is 0 Å². The van der Waals surface area contributed by atoms with Gasteiger partial charge in [0, 0.05) is 0 Å². The molecule has 0 N–H and O–H groups in total. The average Bonchev–Trinajstić information content (AvgIpc) is 3.23. The molecule has 0 aromatic heterocycles. The lowest BCUT2D eigenvalue weighted by Gasteiger charge is -2.12. The lowest BCUT2D eigenvalue weighted by Crippen LogP contribution is -2.28. The minimum Gasteiger partial charge on any atom is -0.467 e. The van der Waals surface area contributed by atoms with Crippen molar-refractivity contribution in [3.63, 3.8) is 0 Å². The van der Waals surface area contributed by atoms with Crippen molar-refractivity contribution in [1.29, 1.82) is 0 Å². The molecule has 0 heterocycles. The highest BCUT2D eigenvalue weighted by atomic mass is 32.2. The maximum atomic E-state index is 11.8. The average molecular weight is 1170 g/mol. The van der Waals surface area contributed by atoms with Crippen molar-refractivity contribution >= 4 is 96.0 Å². The largest absolute Gasteiger partial charge is 0.467 e. The molecule has 72 heavy (non-hydrogen) atoms. The molecular weight excluding hydrogens is 1090 g/mol. The molecule has 33 heteroatoms. The van der Waals surface area contributed by atoms with Gasteiger partial charge in [0.2, 0.25) is 0 Å². The van der Waals surface area contributed by atoms with Crippen molar-refractivity contribution in [3.8, 4) is 0 Å². The normalized spacial score (nSPS) is 14.8. The SMILES string of the molecule is CCCOC(=O)C(C)OS(=O)(=O)CCCCS(=O)(=O)OC(C)C(C)=O.CCOC(=O)C(C)OS(=O)(=O)CCCCS(=O)(=O)OC(C)C(C)=O.COC(=O)C(C)OS(=O)(=O)CCCCS(=O)(=O)OC(C)C(C)=O. The third kappa shape index (κ3) is 38.5.